The molecule has 2 aromatic rings. The number of rotatable bonds is 6. The molecule has 0 aliphatic carbocycles. The van der Waals surface area contributed by atoms with Gasteiger partial charge in [0.05, 0.1) is 0 Å². The van der Waals surface area contributed by atoms with Crippen LogP contribution in [0.15, 0.2) is 42.5 Å². The predicted octanol–water partition coefficient (Wildman–Crippen LogP) is 3.16. The average Bonchev–Trinajstić information content (AvgIpc) is 2.66. The summed E-state index contributed by atoms with van der Waals surface area (Å²) in [6.07, 6.45) is 0.221. The highest BCUT2D eigenvalue weighted by molar-refractivity contribution is 5.90. The van der Waals surface area contributed by atoms with E-state index in [2.05, 4.69) is 39.6 Å². The minimum absolute atomic E-state index is 0.221. The van der Waals surface area contributed by atoms with E-state index >= 15 is 0 Å². The second kappa shape index (κ2) is 8.81. The quantitative estimate of drug-likeness (QED) is 0.816. The summed E-state index contributed by atoms with van der Waals surface area (Å²) in [5, 5.41) is 5.75. The van der Waals surface area contributed by atoms with Crippen molar-refractivity contribution in [3.63, 3.8) is 0 Å². The molecule has 1 heterocycles. The highest BCUT2D eigenvalue weighted by Gasteiger charge is 2.14. The largest absolute Gasteiger partial charge is 0.385 e. The van der Waals surface area contributed by atoms with Gasteiger partial charge in [-0.1, -0.05) is 0 Å². The maximum absolute atomic E-state index is 13.1. The zero-order valence-electron chi connectivity index (χ0n) is 15.3. The summed E-state index contributed by atoms with van der Waals surface area (Å²) < 4.78 is 26.0. The molecule has 1 aliphatic rings. The number of nitrogens with one attached hydrogen (secondary N) is 2. The van der Waals surface area contributed by atoms with Crippen LogP contribution in [0.1, 0.15) is 6.42 Å². The molecule has 0 radical (unpaired) electrons. The van der Waals surface area contributed by atoms with Crippen LogP contribution in [0.25, 0.3) is 0 Å². The second-order valence-corrected chi connectivity index (χ2v) is 6.69. The number of amides is 1. The van der Waals surface area contributed by atoms with Gasteiger partial charge in [-0.2, -0.15) is 0 Å². The Kier molecular flexibility index (Phi) is 6.24. The first-order valence-corrected chi connectivity index (χ1v) is 9.03. The Morgan fingerprint density at radius 3 is 2.30 bits per heavy atom. The fourth-order valence-corrected chi connectivity index (χ4v) is 2.97. The highest BCUT2D eigenvalue weighted by Crippen LogP contribution is 2.19. The van der Waals surface area contributed by atoms with E-state index in [-0.39, 0.29) is 18.0 Å². The molecule has 2 aromatic carbocycles. The van der Waals surface area contributed by atoms with Gasteiger partial charge in [-0.25, -0.2) is 8.78 Å². The van der Waals surface area contributed by atoms with E-state index in [1.54, 1.807) is 0 Å². The smallest absolute Gasteiger partial charge is 0.226 e. The molecule has 1 aliphatic heterocycles. The van der Waals surface area contributed by atoms with Gasteiger partial charge >= 0.3 is 0 Å². The third-order valence-electron chi connectivity index (χ3n) is 4.62. The van der Waals surface area contributed by atoms with E-state index in [9.17, 15) is 13.6 Å². The van der Waals surface area contributed by atoms with Crippen LogP contribution < -0.4 is 15.5 Å². The summed E-state index contributed by atoms with van der Waals surface area (Å²) in [6.45, 7) is 4.62. The van der Waals surface area contributed by atoms with Crippen LogP contribution in [-0.4, -0.2) is 50.6 Å². The monoisotopic (exact) mass is 374 g/mol. The van der Waals surface area contributed by atoms with Crippen molar-refractivity contribution in [3.05, 3.63) is 54.1 Å². The summed E-state index contributed by atoms with van der Waals surface area (Å²) in [5.74, 6) is -2.18. The molecule has 5 nitrogen and oxygen atoms in total. The van der Waals surface area contributed by atoms with Crippen LogP contribution in [0.4, 0.5) is 25.8 Å². The van der Waals surface area contributed by atoms with Crippen molar-refractivity contribution in [2.75, 3.05) is 55.3 Å². The molecule has 0 aromatic heterocycles. The third-order valence-corrected chi connectivity index (χ3v) is 4.62. The molecule has 0 spiro atoms. The first kappa shape index (κ1) is 19.1. The van der Waals surface area contributed by atoms with Crippen molar-refractivity contribution < 1.29 is 13.6 Å². The lowest BCUT2D eigenvalue weighted by Gasteiger charge is -2.34. The van der Waals surface area contributed by atoms with Gasteiger partial charge in [-0.05, 0) is 43.4 Å². The van der Waals surface area contributed by atoms with Crippen LogP contribution in [0.5, 0.6) is 0 Å². The lowest BCUT2D eigenvalue weighted by Crippen LogP contribution is -2.44. The van der Waals surface area contributed by atoms with Crippen molar-refractivity contribution >= 4 is 23.0 Å². The first-order valence-electron chi connectivity index (χ1n) is 9.03. The molecule has 3 rings (SSSR count). The number of carbonyl (C=O) groups excluding carboxylic acids is 1. The molecule has 2 N–H and O–H groups in total. The number of nitrogens with zero attached hydrogens (tertiary/aromatic N) is 2. The molecule has 7 heteroatoms. The van der Waals surface area contributed by atoms with Gasteiger partial charge in [0, 0.05) is 62.3 Å². The summed E-state index contributed by atoms with van der Waals surface area (Å²) in [4.78, 5) is 16.6. The Balaban J connectivity index is 1.43. The Morgan fingerprint density at radius 1 is 0.963 bits per heavy atom. The molecular formula is C20H24F2N4O. The fourth-order valence-electron chi connectivity index (χ4n) is 2.97. The molecular weight excluding hydrogens is 350 g/mol. The van der Waals surface area contributed by atoms with E-state index in [0.717, 1.165) is 44.0 Å². The standard InChI is InChI=1S/C20H24F2N4O/c1-25-10-12-26(13-11-25)17-5-2-15(3-6-17)23-9-8-20(27)24-16-4-7-18(21)19(22)14-16/h2-7,14,23H,8-13H2,1H3,(H,24,27). The van der Waals surface area contributed by atoms with E-state index in [0.29, 0.717) is 6.54 Å². The molecule has 0 unspecified atom stereocenters. The van der Waals surface area contributed by atoms with Gasteiger partial charge in [-0.3, -0.25) is 4.79 Å². The Bertz CT molecular complexity index is 774. The molecule has 0 atom stereocenters. The number of benzene rings is 2. The highest BCUT2D eigenvalue weighted by atomic mass is 19.2. The van der Waals surface area contributed by atoms with Crippen LogP contribution >= 0.6 is 0 Å². The number of hydrogen-bond donors (Lipinski definition) is 2. The van der Waals surface area contributed by atoms with Crippen molar-refractivity contribution in [3.8, 4) is 0 Å². The molecule has 0 saturated carbocycles. The molecule has 1 saturated heterocycles. The second-order valence-electron chi connectivity index (χ2n) is 6.69. The topological polar surface area (TPSA) is 47.6 Å². The van der Waals surface area contributed by atoms with E-state index in [1.807, 2.05) is 12.1 Å². The van der Waals surface area contributed by atoms with Gasteiger partial charge in [0.25, 0.3) is 0 Å². The predicted molar refractivity (Wildman–Crippen MR) is 104 cm³/mol. The number of likely N-dealkylation sites (N-methyl/N-ethyl adjacent to an activating group) is 1. The normalized spacial score (nSPS) is 14.9. The minimum atomic E-state index is -0.980. The van der Waals surface area contributed by atoms with Crippen molar-refractivity contribution in [2.24, 2.45) is 0 Å². The Labute approximate surface area is 158 Å². The van der Waals surface area contributed by atoms with Crippen LogP contribution in [0.3, 0.4) is 0 Å². The lowest BCUT2D eigenvalue weighted by molar-refractivity contribution is -0.115. The molecule has 0 bridgehead atoms. The molecule has 1 fully saturated rings. The molecule has 144 valence electrons. The van der Waals surface area contributed by atoms with Gasteiger partial charge < -0.3 is 20.4 Å². The van der Waals surface area contributed by atoms with Gasteiger partial charge in [0.1, 0.15) is 0 Å². The number of carbonyl (C=O) groups is 1. The van der Waals surface area contributed by atoms with Crippen LogP contribution in [0.2, 0.25) is 0 Å². The molecule has 27 heavy (non-hydrogen) atoms. The summed E-state index contributed by atoms with van der Waals surface area (Å²) in [6, 6.07) is 11.5. The maximum Gasteiger partial charge on any atom is 0.226 e. The first-order chi connectivity index (χ1) is 13.0. The number of halogens is 2. The van der Waals surface area contributed by atoms with E-state index < -0.39 is 11.6 Å². The SMILES string of the molecule is CN1CCN(c2ccc(NCCC(=O)Nc3ccc(F)c(F)c3)cc2)CC1. The van der Waals surface area contributed by atoms with Crippen molar-refractivity contribution in [2.45, 2.75) is 6.42 Å². The van der Waals surface area contributed by atoms with Gasteiger partial charge in [0.2, 0.25) is 5.91 Å². The van der Waals surface area contributed by atoms with Crippen LogP contribution in [0, 0.1) is 11.6 Å². The lowest BCUT2D eigenvalue weighted by atomic mass is 10.2. The maximum atomic E-state index is 13.1. The number of hydrogen-bond acceptors (Lipinski definition) is 4. The van der Waals surface area contributed by atoms with Crippen molar-refractivity contribution in [1.29, 1.82) is 0 Å². The summed E-state index contributed by atoms with van der Waals surface area (Å²) in [7, 11) is 2.13. The Morgan fingerprint density at radius 2 is 1.63 bits per heavy atom. The zero-order valence-corrected chi connectivity index (χ0v) is 15.3. The minimum Gasteiger partial charge on any atom is -0.385 e. The van der Waals surface area contributed by atoms with Crippen LogP contribution in [-0.2, 0) is 4.79 Å². The van der Waals surface area contributed by atoms with E-state index in [4.69, 9.17) is 0 Å². The summed E-state index contributed by atoms with van der Waals surface area (Å²) >= 11 is 0. The number of anilines is 3. The summed E-state index contributed by atoms with van der Waals surface area (Å²) in [5.41, 5.74) is 2.38. The molecule has 1 amide bonds. The van der Waals surface area contributed by atoms with Crippen molar-refractivity contribution in [1.82, 2.24) is 4.90 Å². The third kappa shape index (κ3) is 5.40. The fraction of sp³-hybridized carbons (Fsp3) is 0.350. The van der Waals surface area contributed by atoms with E-state index in [1.165, 1.54) is 11.8 Å². The number of piperazine rings is 1. The average molecular weight is 374 g/mol. The zero-order chi connectivity index (χ0) is 19.2. The Hall–Kier alpha value is -2.67. The van der Waals surface area contributed by atoms with Gasteiger partial charge in [0.15, 0.2) is 11.6 Å². The van der Waals surface area contributed by atoms with Gasteiger partial charge in [-0.15, -0.1) is 0 Å².